The Balaban J connectivity index is 1.61. The maximum Gasteiger partial charge on any atom is 0.228 e. The first kappa shape index (κ1) is 21.9. The smallest absolute Gasteiger partial charge is 0.228 e. The van der Waals surface area contributed by atoms with E-state index >= 15 is 0 Å². The molecule has 32 heavy (non-hydrogen) atoms. The lowest BCUT2D eigenvalue weighted by atomic mass is 10.1. The second kappa shape index (κ2) is 9.06. The summed E-state index contributed by atoms with van der Waals surface area (Å²) in [5, 5.41) is 15.1. The van der Waals surface area contributed by atoms with Crippen LogP contribution in [0.5, 0.6) is 5.88 Å². The van der Waals surface area contributed by atoms with Crippen LogP contribution in [-0.4, -0.2) is 63.2 Å². The molecule has 0 aliphatic carbocycles. The SMILES string of the molecule is CC(=O)N1CCN(c2nc(NCCc3ccc(C)cc3)c3cn(C(C)C)c(O)c3n2)CC1. The van der Waals surface area contributed by atoms with Crippen molar-refractivity contribution in [2.75, 3.05) is 42.9 Å². The molecule has 0 atom stereocenters. The molecule has 0 spiro atoms. The molecule has 2 N–H and O–H groups in total. The molecule has 1 fully saturated rings. The first-order valence-electron chi connectivity index (χ1n) is 11.2. The average Bonchev–Trinajstić information content (AvgIpc) is 3.12. The predicted octanol–water partition coefficient (Wildman–Crippen LogP) is 3.35. The van der Waals surface area contributed by atoms with Gasteiger partial charge < -0.3 is 24.8 Å². The molecule has 1 aliphatic heterocycles. The lowest BCUT2D eigenvalue weighted by Gasteiger charge is -2.34. The molecule has 0 bridgehead atoms. The van der Waals surface area contributed by atoms with Gasteiger partial charge in [-0.25, -0.2) is 4.98 Å². The highest BCUT2D eigenvalue weighted by Gasteiger charge is 2.24. The molecule has 0 saturated carbocycles. The van der Waals surface area contributed by atoms with E-state index in [1.807, 2.05) is 29.5 Å². The van der Waals surface area contributed by atoms with Crippen molar-refractivity contribution < 1.29 is 9.90 Å². The van der Waals surface area contributed by atoms with Gasteiger partial charge in [0.2, 0.25) is 17.7 Å². The number of amides is 1. The van der Waals surface area contributed by atoms with E-state index in [1.165, 1.54) is 11.1 Å². The number of aromatic hydroxyl groups is 1. The summed E-state index contributed by atoms with van der Waals surface area (Å²) in [5.41, 5.74) is 3.06. The van der Waals surface area contributed by atoms with Crippen molar-refractivity contribution in [3.05, 3.63) is 41.6 Å². The van der Waals surface area contributed by atoms with Crippen LogP contribution >= 0.6 is 0 Å². The molecule has 0 radical (unpaired) electrons. The quantitative estimate of drug-likeness (QED) is 0.616. The third-order valence-corrected chi connectivity index (χ3v) is 6.05. The van der Waals surface area contributed by atoms with Gasteiger partial charge in [-0.2, -0.15) is 4.98 Å². The van der Waals surface area contributed by atoms with Gasteiger partial charge in [0.05, 0.1) is 5.39 Å². The molecule has 2 aromatic heterocycles. The molecule has 1 aromatic carbocycles. The molecule has 0 unspecified atom stereocenters. The summed E-state index contributed by atoms with van der Waals surface area (Å²) in [6, 6.07) is 8.64. The highest BCUT2D eigenvalue weighted by molar-refractivity contribution is 5.94. The maximum absolute atomic E-state index is 11.7. The Morgan fingerprint density at radius 1 is 1.12 bits per heavy atom. The molecule has 3 heterocycles. The molecular formula is C24H32N6O2. The molecule has 1 saturated heterocycles. The van der Waals surface area contributed by atoms with Gasteiger partial charge in [0.15, 0.2) is 0 Å². The fraction of sp³-hybridized carbons (Fsp3) is 0.458. The van der Waals surface area contributed by atoms with E-state index in [0.717, 1.165) is 24.2 Å². The van der Waals surface area contributed by atoms with Gasteiger partial charge in [0.1, 0.15) is 11.3 Å². The van der Waals surface area contributed by atoms with E-state index in [-0.39, 0.29) is 17.8 Å². The summed E-state index contributed by atoms with van der Waals surface area (Å²) in [6.07, 6.45) is 2.79. The highest BCUT2D eigenvalue weighted by Crippen LogP contribution is 2.34. The lowest BCUT2D eigenvalue weighted by Crippen LogP contribution is -2.48. The number of carbonyl (C=O) groups excluding carboxylic acids is 1. The second-order valence-electron chi connectivity index (χ2n) is 8.74. The minimum absolute atomic E-state index is 0.0890. The number of rotatable bonds is 6. The number of anilines is 2. The zero-order valence-corrected chi connectivity index (χ0v) is 19.3. The van der Waals surface area contributed by atoms with E-state index < -0.39 is 0 Å². The van der Waals surface area contributed by atoms with Crippen molar-refractivity contribution in [2.45, 2.75) is 40.2 Å². The Labute approximate surface area is 188 Å². The van der Waals surface area contributed by atoms with Gasteiger partial charge in [-0.15, -0.1) is 0 Å². The first-order chi connectivity index (χ1) is 15.3. The van der Waals surface area contributed by atoms with Gasteiger partial charge in [0, 0.05) is 51.9 Å². The molecule has 8 heteroatoms. The number of aryl methyl sites for hydroxylation is 1. The van der Waals surface area contributed by atoms with Gasteiger partial charge in [0.25, 0.3) is 0 Å². The number of benzene rings is 1. The number of hydrogen-bond acceptors (Lipinski definition) is 6. The van der Waals surface area contributed by atoms with E-state index in [4.69, 9.17) is 9.97 Å². The van der Waals surface area contributed by atoms with Crippen LogP contribution in [-0.2, 0) is 11.2 Å². The van der Waals surface area contributed by atoms with Crippen molar-refractivity contribution in [2.24, 2.45) is 0 Å². The maximum atomic E-state index is 11.7. The zero-order valence-electron chi connectivity index (χ0n) is 19.3. The Kier molecular flexibility index (Phi) is 6.21. The minimum Gasteiger partial charge on any atom is -0.493 e. The summed E-state index contributed by atoms with van der Waals surface area (Å²) < 4.78 is 1.82. The Morgan fingerprint density at radius 3 is 2.44 bits per heavy atom. The monoisotopic (exact) mass is 436 g/mol. The van der Waals surface area contributed by atoms with Crippen molar-refractivity contribution in [1.82, 2.24) is 19.4 Å². The number of piperazine rings is 1. The number of carbonyl (C=O) groups is 1. The van der Waals surface area contributed by atoms with Crippen LogP contribution in [0.4, 0.5) is 11.8 Å². The molecule has 170 valence electrons. The molecule has 1 amide bonds. The average molecular weight is 437 g/mol. The van der Waals surface area contributed by atoms with Crippen molar-refractivity contribution in [3.63, 3.8) is 0 Å². The normalized spacial score (nSPS) is 14.4. The van der Waals surface area contributed by atoms with E-state index in [0.29, 0.717) is 37.6 Å². The third-order valence-electron chi connectivity index (χ3n) is 6.05. The van der Waals surface area contributed by atoms with Crippen molar-refractivity contribution in [3.8, 4) is 5.88 Å². The number of nitrogens with one attached hydrogen (secondary N) is 1. The number of fused-ring (bicyclic) bond motifs is 1. The Hall–Kier alpha value is -3.29. The number of hydrogen-bond donors (Lipinski definition) is 2. The molecule has 1 aliphatic rings. The van der Waals surface area contributed by atoms with Gasteiger partial charge in [-0.1, -0.05) is 29.8 Å². The third kappa shape index (κ3) is 4.49. The van der Waals surface area contributed by atoms with Crippen LogP contribution in [0, 0.1) is 6.92 Å². The molecule has 3 aromatic rings. The molecule has 4 rings (SSSR count). The van der Waals surface area contributed by atoms with Crippen molar-refractivity contribution >= 4 is 28.6 Å². The van der Waals surface area contributed by atoms with E-state index in [1.54, 1.807) is 6.92 Å². The minimum atomic E-state index is 0.0890. The fourth-order valence-electron chi connectivity index (χ4n) is 4.04. The van der Waals surface area contributed by atoms with Crippen LogP contribution in [0.25, 0.3) is 10.9 Å². The fourth-order valence-corrected chi connectivity index (χ4v) is 4.04. The summed E-state index contributed by atoms with van der Waals surface area (Å²) in [7, 11) is 0. The van der Waals surface area contributed by atoms with Crippen molar-refractivity contribution in [1.29, 1.82) is 0 Å². The van der Waals surface area contributed by atoms with E-state index in [2.05, 4.69) is 41.4 Å². The standard InChI is InChI=1S/C24H32N6O2/c1-16(2)30-15-20-21(23(30)32)26-24(29-13-11-28(12-14-29)18(4)31)27-22(20)25-10-9-19-7-5-17(3)6-8-19/h5-8,15-16,32H,9-14H2,1-4H3,(H,25,26,27). The number of nitrogens with zero attached hydrogens (tertiary/aromatic N) is 5. The van der Waals surface area contributed by atoms with Gasteiger partial charge in [-0.05, 0) is 32.8 Å². The summed E-state index contributed by atoms with van der Waals surface area (Å²) in [5.74, 6) is 1.55. The van der Waals surface area contributed by atoms with Crippen LogP contribution < -0.4 is 10.2 Å². The Morgan fingerprint density at radius 2 is 1.81 bits per heavy atom. The number of aromatic nitrogens is 3. The zero-order chi connectivity index (χ0) is 22.8. The van der Waals surface area contributed by atoms with Crippen LogP contribution in [0.1, 0.15) is 37.9 Å². The highest BCUT2D eigenvalue weighted by atomic mass is 16.3. The van der Waals surface area contributed by atoms with Crippen LogP contribution in [0.3, 0.4) is 0 Å². The Bertz CT molecular complexity index is 1100. The summed E-state index contributed by atoms with van der Waals surface area (Å²) in [4.78, 5) is 25.1. The topological polar surface area (TPSA) is 86.5 Å². The largest absolute Gasteiger partial charge is 0.493 e. The first-order valence-corrected chi connectivity index (χ1v) is 11.2. The van der Waals surface area contributed by atoms with Gasteiger partial charge in [-0.3, -0.25) is 4.79 Å². The van der Waals surface area contributed by atoms with Crippen LogP contribution in [0.2, 0.25) is 0 Å². The molecule has 8 nitrogen and oxygen atoms in total. The molecular weight excluding hydrogens is 404 g/mol. The summed E-state index contributed by atoms with van der Waals surface area (Å²) >= 11 is 0. The van der Waals surface area contributed by atoms with E-state index in [9.17, 15) is 9.90 Å². The summed E-state index contributed by atoms with van der Waals surface area (Å²) in [6.45, 7) is 11.1. The lowest BCUT2D eigenvalue weighted by molar-refractivity contribution is -0.129. The second-order valence-corrected chi connectivity index (χ2v) is 8.74. The van der Waals surface area contributed by atoms with Gasteiger partial charge >= 0.3 is 0 Å². The predicted molar refractivity (Wildman–Crippen MR) is 127 cm³/mol. The van der Waals surface area contributed by atoms with Crippen LogP contribution in [0.15, 0.2) is 30.5 Å².